The van der Waals surface area contributed by atoms with E-state index in [1.165, 1.54) is 53.9 Å². The minimum Gasteiger partial charge on any atom is -0.435 e. The molecule has 9 nitrogen and oxygen atoms in total. The van der Waals surface area contributed by atoms with Gasteiger partial charge in [0.2, 0.25) is 11.8 Å². The van der Waals surface area contributed by atoms with Gasteiger partial charge >= 0.3 is 0 Å². The predicted octanol–water partition coefficient (Wildman–Crippen LogP) is 4.13. The average molecular weight is 541 g/mol. The molecule has 2 aromatic carbocycles. The summed E-state index contributed by atoms with van der Waals surface area (Å²) >= 11 is 1.27. The first-order valence-corrected chi connectivity index (χ1v) is 13.5. The third-order valence-electron chi connectivity index (χ3n) is 5.20. The van der Waals surface area contributed by atoms with E-state index < -0.39 is 27.5 Å². The first-order valence-electron chi connectivity index (χ1n) is 10.8. The zero-order chi connectivity index (χ0) is 26.7. The molecule has 0 spiro atoms. The number of primary amides is 1. The summed E-state index contributed by atoms with van der Waals surface area (Å²) in [5.74, 6) is -2.20. The zero-order valence-corrected chi connectivity index (χ0v) is 21.3. The number of rotatable bonds is 8. The van der Waals surface area contributed by atoms with Crippen LogP contribution >= 0.6 is 11.3 Å². The Labute approximate surface area is 216 Å². The van der Waals surface area contributed by atoms with E-state index in [1.54, 1.807) is 12.1 Å². The van der Waals surface area contributed by atoms with E-state index >= 15 is 0 Å². The van der Waals surface area contributed by atoms with Gasteiger partial charge in [-0.25, -0.2) is 22.8 Å². The van der Waals surface area contributed by atoms with Gasteiger partial charge in [0.25, 0.3) is 5.91 Å². The van der Waals surface area contributed by atoms with Crippen molar-refractivity contribution in [3.05, 3.63) is 82.6 Å². The zero-order valence-electron chi connectivity index (χ0n) is 19.7. The molecular weight excluding hydrogens is 519 g/mol. The van der Waals surface area contributed by atoms with E-state index in [-0.39, 0.29) is 28.5 Å². The first-order chi connectivity index (χ1) is 17.5. The maximum absolute atomic E-state index is 14.6. The van der Waals surface area contributed by atoms with Crippen LogP contribution < -0.4 is 15.8 Å². The molecule has 0 atom stereocenters. The summed E-state index contributed by atoms with van der Waals surface area (Å²) in [6.45, 7) is 1.84. The molecule has 0 unspecified atom stereocenters. The lowest BCUT2D eigenvalue weighted by molar-refractivity contribution is -0.115. The van der Waals surface area contributed by atoms with Gasteiger partial charge in [0.05, 0.1) is 17.0 Å². The first kappa shape index (κ1) is 25.9. The van der Waals surface area contributed by atoms with Crippen LogP contribution in [0.15, 0.2) is 65.7 Å². The van der Waals surface area contributed by atoms with Gasteiger partial charge < -0.3 is 15.8 Å². The van der Waals surface area contributed by atoms with Gasteiger partial charge in [-0.2, -0.15) is 0 Å². The number of sulfone groups is 1. The predicted molar refractivity (Wildman–Crippen MR) is 137 cm³/mol. The molecule has 0 radical (unpaired) electrons. The molecule has 0 bridgehead atoms. The van der Waals surface area contributed by atoms with Crippen LogP contribution in [0.5, 0.6) is 11.6 Å². The molecule has 4 rings (SSSR count). The molecule has 4 aromatic rings. The number of halogens is 1. The third-order valence-corrected chi connectivity index (χ3v) is 7.22. The number of ether oxygens (including phenoxy) is 1. The van der Waals surface area contributed by atoms with Crippen molar-refractivity contribution in [1.82, 2.24) is 9.97 Å². The van der Waals surface area contributed by atoms with E-state index in [0.29, 0.717) is 22.0 Å². The summed E-state index contributed by atoms with van der Waals surface area (Å²) in [5, 5.41) is 3.07. The van der Waals surface area contributed by atoms with Crippen molar-refractivity contribution in [3.8, 4) is 22.9 Å². The molecule has 2 aromatic heterocycles. The molecule has 0 saturated heterocycles. The summed E-state index contributed by atoms with van der Waals surface area (Å²) < 4.78 is 43.4. The second kappa shape index (κ2) is 10.4. The van der Waals surface area contributed by atoms with Crippen LogP contribution in [0.2, 0.25) is 0 Å². The highest BCUT2D eigenvalue weighted by Gasteiger charge is 2.16. The van der Waals surface area contributed by atoms with Crippen molar-refractivity contribution in [2.45, 2.75) is 18.2 Å². The Morgan fingerprint density at radius 1 is 1.14 bits per heavy atom. The van der Waals surface area contributed by atoms with Crippen molar-refractivity contribution in [1.29, 1.82) is 0 Å². The number of anilines is 1. The topological polar surface area (TPSA) is 141 Å². The van der Waals surface area contributed by atoms with Crippen molar-refractivity contribution in [2.24, 2.45) is 5.73 Å². The Kier molecular flexibility index (Phi) is 7.32. The van der Waals surface area contributed by atoms with Gasteiger partial charge in [-0.3, -0.25) is 9.59 Å². The number of nitrogens with two attached hydrogens (primary N) is 1. The number of nitrogens with one attached hydrogen (secondary N) is 1. The molecule has 0 fully saturated rings. The lowest BCUT2D eigenvalue weighted by Gasteiger charge is -2.09. The Hall–Kier alpha value is -4.16. The van der Waals surface area contributed by atoms with E-state index in [1.807, 2.05) is 6.92 Å². The molecule has 0 aliphatic rings. The Morgan fingerprint density at radius 2 is 1.86 bits per heavy atom. The number of nitrogens with zero attached hydrogens (tertiary/aromatic N) is 2. The van der Waals surface area contributed by atoms with Crippen LogP contribution in [0.3, 0.4) is 0 Å². The lowest BCUT2D eigenvalue weighted by Crippen LogP contribution is -2.14. The van der Waals surface area contributed by atoms with E-state index in [2.05, 4.69) is 15.3 Å². The lowest BCUT2D eigenvalue weighted by atomic mass is 10.1. The van der Waals surface area contributed by atoms with Crippen LogP contribution in [0.25, 0.3) is 11.3 Å². The average Bonchev–Trinajstić information content (AvgIpc) is 3.20. The third kappa shape index (κ3) is 6.16. The highest BCUT2D eigenvalue weighted by atomic mass is 32.2. The van der Waals surface area contributed by atoms with Gasteiger partial charge in [0, 0.05) is 22.9 Å². The van der Waals surface area contributed by atoms with Crippen LogP contribution in [0, 0.1) is 12.7 Å². The molecule has 37 heavy (non-hydrogen) atoms. The van der Waals surface area contributed by atoms with Gasteiger partial charge in [0.15, 0.2) is 26.5 Å². The molecule has 0 aliphatic carbocycles. The Bertz CT molecular complexity index is 1600. The SMILES string of the molecule is Cc1sc(NC(=O)Cc2ccc(Oc3ncccc3C(N)=O)c(F)c2)nc1-c1ccc(S(C)(=O)=O)cc1. The summed E-state index contributed by atoms with van der Waals surface area (Å²) in [6, 6.07) is 13.3. The normalized spacial score (nSPS) is 11.2. The minimum atomic E-state index is -3.31. The number of benzene rings is 2. The van der Waals surface area contributed by atoms with Crippen molar-refractivity contribution < 1.29 is 27.1 Å². The van der Waals surface area contributed by atoms with Gasteiger partial charge in [-0.15, -0.1) is 11.3 Å². The molecular formula is C25H21FN4O5S2. The number of aromatic nitrogens is 2. The molecule has 2 amide bonds. The maximum Gasteiger partial charge on any atom is 0.254 e. The summed E-state index contributed by atoms with van der Waals surface area (Å²) in [7, 11) is -3.31. The molecule has 0 saturated carbocycles. The molecule has 0 aliphatic heterocycles. The van der Waals surface area contributed by atoms with E-state index in [0.717, 1.165) is 17.2 Å². The second-order valence-electron chi connectivity index (χ2n) is 8.03. The van der Waals surface area contributed by atoms with Crippen molar-refractivity contribution >= 4 is 38.1 Å². The Morgan fingerprint density at radius 3 is 2.51 bits per heavy atom. The second-order valence-corrected chi connectivity index (χ2v) is 11.3. The fourth-order valence-electron chi connectivity index (χ4n) is 3.43. The summed E-state index contributed by atoms with van der Waals surface area (Å²) in [6.07, 6.45) is 2.40. The number of hydrogen-bond acceptors (Lipinski definition) is 8. The standard InChI is InChI=1S/C25H21FN4O5S2/c1-14-22(16-6-8-17(9-7-16)37(2,33)34)30-25(36-14)29-21(31)13-15-5-10-20(19(26)12-15)35-24-18(23(27)32)4-3-11-28-24/h3-12H,13H2,1-2H3,(H2,27,32)(H,29,30,31). The number of amides is 2. The number of aryl methyl sites for hydroxylation is 1. The van der Waals surface area contributed by atoms with E-state index in [9.17, 15) is 22.4 Å². The fourth-order valence-corrected chi connectivity index (χ4v) is 4.91. The van der Waals surface area contributed by atoms with Crippen molar-refractivity contribution in [3.63, 3.8) is 0 Å². The highest BCUT2D eigenvalue weighted by Crippen LogP contribution is 2.31. The monoisotopic (exact) mass is 540 g/mol. The highest BCUT2D eigenvalue weighted by molar-refractivity contribution is 7.90. The van der Waals surface area contributed by atoms with E-state index in [4.69, 9.17) is 10.5 Å². The Balaban J connectivity index is 1.43. The summed E-state index contributed by atoms with van der Waals surface area (Å²) in [5.41, 5.74) is 7.03. The van der Waals surface area contributed by atoms with Gasteiger partial charge in [-0.1, -0.05) is 18.2 Å². The van der Waals surface area contributed by atoms with Gasteiger partial charge in [0.1, 0.15) is 5.56 Å². The maximum atomic E-state index is 14.6. The smallest absolute Gasteiger partial charge is 0.254 e. The summed E-state index contributed by atoms with van der Waals surface area (Å²) in [4.78, 5) is 33.5. The van der Waals surface area contributed by atoms with Crippen LogP contribution in [-0.2, 0) is 21.1 Å². The molecule has 12 heteroatoms. The van der Waals surface area contributed by atoms with Crippen molar-refractivity contribution in [2.75, 3.05) is 11.6 Å². The molecule has 2 heterocycles. The largest absolute Gasteiger partial charge is 0.435 e. The minimum absolute atomic E-state index is 0.00908. The number of thiazole rings is 1. The molecule has 3 N–H and O–H groups in total. The number of hydrogen-bond donors (Lipinski definition) is 2. The van der Waals surface area contributed by atoms with Crippen LogP contribution in [-0.4, -0.2) is 36.5 Å². The van der Waals surface area contributed by atoms with Crippen LogP contribution in [0.4, 0.5) is 9.52 Å². The fraction of sp³-hybridized carbons (Fsp3) is 0.120. The number of carbonyl (C=O) groups excluding carboxylic acids is 2. The number of pyridine rings is 1. The van der Waals surface area contributed by atoms with Gasteiger partial charge in [-0.05, 0) is 48.9 Å². The number of carbonyl (C=O) groups is 2. The molecule has 190 valence electrons. The quantitative estimate of drug-likeness (QED) is 0.342. The van der Waals surface area contributed by atoms with Crippen LogP contribution in [0.1, 0.15) is 20.8 Å².